The van der Waals surface area contributed by atoms with E-state index in [1.54, 1.807) is 37.3 Å². The molecule has 0 saturated heterocycles. The highest BCUT2D eigenvalue weighted by atomic mass is 16.5. The summed E-state index contributed by atoms with van der Waals surface area (Å²) in [5.41, 5.74) is 1.44. The first kappa shape index (κ1) is 23.0. The Hall–Kier alpha value is -3.68. The maximum Gasteiger partial charge on any atom is 0.314 e. The molecule has 2 atom stereocenters. The van der Waals surface area contributed by atoms with Crippen molar-refractivity contribution in [3.63, 3.8) is 0 Å². The van der Waals surface area contributed by atoms with Crippen molar-refractivity contribution in [3.05, 3.63) is 58.9 Å². The number of fused-ring (bicyclic) bond motifs is 1. The smallest absolute Gasteiger partial charge is 0.314 e. The number of ether oxygens (including phenoxy) is 5. The van der Waals surface area contributed by atoms with Crippen molar-refractivity contribution < 1.29 is 38.4 Å². The van der Waals surface area contributed by atoms with Crippen molar-refractivity contribution in [2.24, 2.45) is 5.92 Å². The van der Waals surface area contributed by atoms with Crippen LogP contribution in [0.15, 0.2) is 42.2 Å². The summed E-state index contributed by atoms with van der Waals surface area (Å²) in [6, 6.07) is 8.46. The van der Waals surface area contributed by atoms with Crippen molar-refractivity contribution in [1.82, 2.24) is 0 Å². The first-order valence-corrected chi connectivity index (χ1v) is 9.99. The molecular weight excluding hydrogens is 416 g/mol. The molecule has 2 aromatic rings. The normalized spacial score (nSPS) is 18.7. The lowest BCUT2D eigenvalue weighted by Crippen LogP contribution is -2.35. The monoisotopic (exact) mass is 442 g/mol. The van der Waals surface area contributed by atoms with E-state index in [2.05, 4.69) is 0 Å². The number of esters is 1. The van der Waals surface area contributed by atoms with Crippen LogP contribution >= 0.6 is 0 Å². The molecule has 32 heavy (non-hydrogen) atoms. The lowest BCUT2D eigenvalue weighted by Gasteiger charge is -2.34. The number of benzene rings is 2. The average Bonchev–Trinajstić information content (AvgIpc) is 2.82. The van der Waals surface area contributed by atoms with E-state index in [-0.39, 0.29) is 12.2 Å². The van der Waals surface area contributed by atoms with Gasteiger partial charge in [-0.25, -0.2) is 0 Å². The molecule has 0 bridgehead atoms. The second kappa shape index (κ2) is 9.64. The number of Topliss-reactive ketones (excluding diaryl/α,β-unsaturated/α-hetero) is 1. The SMILES string of the molecule is CCOC(=O)C1C(=CO)C(=O)c2cc(OC)c(OC)cc2C1c1ccc(OC)c(OC)c1. The van der Waals surface area contributed by atoms with Crippen LogP contribution in [0, 0.1) is 5.92 Å². The minimum Gasteiger partial charge on any atom is -0.515 e. The van der Waals surface area contributed by atoms with Gasteiger partial charge in [-0.3, -0.25) is 9.59 Å². The Morgan fingerprint density at radius 2 is 1.53 bits per heavy atom. The molecule has 0 aromatic heterocycles. The molecule has 2 aromatic carbocycles. The second-order valence-corrected chi connectivity index (χ2v) is 7.03. The van der Waals surface area contributed by atoms with Crippen LogP contribution < -0.4 is 18.9 Å². The number of hydrogen-bond acceptors (Lipinski definition) is 8. The number of aliphatic hydroxyl groups excluding tert-OH is 1. The van der Waals surface area contributed by atoms with Crippen molar-refractivity contribution in [1.29, 1.82) is 0 Å². The number of methoxy groups -OCH3 is 4. The highest BCUT2D eigenvalue weighted by Gasteiger charge is 2.45. The highest BCUT2D eigenvalue weighted by molar-refractivity contribution is 6.14. The summed E-state index contributed by atoms with van der Waals surface area (Å²) < 4.78 is 26.8. The molecule has 0 fully saturated rings. The van der Waals surface area contributed by atoms with Gasteiger partial charge in [0, 0.05) is 17.1 Å². The lowest BCUT2D eigenvalue weighted by molar-refractivity contribution is -0.147. The van der Waals surface area contributed by atoms with Gasteiger partial charge < -0.3 is 28.8 Å². The Kier molecular flexibility index (Phi) is 6.92. The second-order valence-electron chi connectivity index (χ2n) is 7.03. The van der Waals surface area contributed by atoms with Crippen LogP contribution in [0.5, 0.6) is 23.0 Å². The first-order valence-electron chi connectivity index (χ1n) is 9.99. The van der Waals surface area contributed by atoms with E-state index in [1.165, 1.54) is 28.4 Å². The van der Waals surface area contributed by atoms with Gasteiger partial charge in [0.05, 0.1) is 47.2 Å². The number of aliphatic hydroxyl groups is 1. The van der Waals surface area contributed by atoms with Crippen LogP contribution in [0.4, 0.5) is 0 Å². The van der Waals surface area contributed by atoms with Crippen LogP contribution in [0.25, 0.3) is 0 Å². The molecule has 1 aliphatic rings. The Bertz CT molecular complexity index is 1060. The van der Waals surface area contributed by atoms with Gasteiger partial charge in [-0.2, -0.15) is 0 Å². The summed E-state index contributed by atoms with van der Waals surface area (Å²) >= 11 is 0. The van der Waals surface area contributed by atoms with Crippen LogP contribution in [0.3, 0.4) is 0 Å². The van der Waals surface area contributed by atoms with Gasteiger partial charge in [0.15, 0.2) is 28.8 Å². The minimum absolute atomic E-state index is 0.0667. The predicted octanol–water partition coefficient (Wildman–Crippen LogP) is 3.67. The van der Waals surface area contributed by atoms with E-state index in [4.69, 9.17) is 23.7 Å². The molecule has 170 valence electrons. The molecule has 1 aliphatic carbocycles. The number of carbonyl (C=O) groups excluding carboxylic acids is 2. The van der Waals surface area contributed by atoms with Crippen molar-refractivity contribution in [2.75, 3.05) is 35.0 Å². The standard InChI is InChI=1S/C24H26O8/c1-6-32-24(27)22-16(12-25)23(26)15-11-20(31-5)19(30-4)10-14(15)21(22)13-7-8-17(28-2)18(9-13)29-3/h7-12,21-22,25H,6H2,1-5H3. The Morgan fingerprint density at radius 3 is 2.09 bits per heavy atom. The number of carbonyl (C=O) groups is 2. The maximum absolute atomic E-state index is 13.3. The van der Waals surface area contributed by atoms with Crippen molar-refractivity contribution in [2.45, 2.75) is 12.8 Å². The van der Waals surface area contributed by atoms with E-state index in [0.717, 1.165) is 0 Å². The number of ketones is 1. The Labute approximate surface area is 186 Å². The minimum atomic E-state index is -1.07. The lowest BCUT2D eigenvalue weighted by atomic mass is 9.68. The van der Waals surface area contributed by atoms with Crippen LogP contribution in [0.1, 0.15) is 34.3 Å². The molecule has 8 heteroatoms. The third kappa shape index (κ3) is 3.84. The quantitative estimate of drug-likeness (QED) is 0.394. The van der Waals surface area contributed by atoms with E-state index in [0.29, 0.717) is 46.0 Å². The van der Waals surface area contributed by atoms with Crippen LogP contribution in [0.2, 0.25) is 0 Å². The van der Waals surface area contributed by atoms with E-state index in [9.17, 15) is 14.7 Å². The zero-order chi connectivity index (χ0) is 23.4. The molecule has 0 spiro atoms. The Morgan fingerprint density at radius 1 is 0.938 bits per heavy atom. The summed E-state index contributed by atoms with van der Waals surface area (Å²) in [4.78, 5) is 26.3. The molecule has 0 heterocycles. The fourth-order valence-corrected chi connectivity index (χ4v) is 4.06. The summed E-state index contributed by atoms with van der Waals surface area (Å²) in [7, 11) is 5.99. The van der Waals surface area contributed by atoms with Crippen LogP contribution in [-0.2, 0) is 9.53 Å². The van der Waals surface area contributed by atoms with E-state index in [1.807, 2.05) is 0 Å². The zero-order valence-electron chi connectivity index (χ0n) is 18.6. The molecule has 0 radical (unpaired) electrons. The number of rotatable bonds is 7. The van der Waals surface area contributed by atoms with E-state index >= 15 is 0 Å². The molecule has 8 nitrogen and oxygen atoms in total. The van der Waals surface area contributed by atoms with Gasteiger partial charge in [-0.05, 0) is 42.3 Å². The molecule has 0 amide bonds. The van der Waals surface area contributed by atoms with Gasteiger partial charge in [0.2, 0.25) is 0 Å². The third-order valence-corrected chi connectivity index (χ3v) is 5.51. The molecular formula is C24H26O8. The fraction of sp³-hybridized carbons (Fsp3) is 0.333. The fourth-order valence-electron chi connectivity index (χ4n) is 4.06. The van der Waals surface area contributed by atoms with Gasteiger partial charge >= 0.3 is 5.97 Å². The summed E-state index contributed by atoms with van der Waals surface area (Å²) in [6.45, 7) is 1.80. The third-order valence-electron chi connectivity index (χ3n) is 5.51. The van der Waals surface area contributed by atoms with Crippen LogP contribution in [-0.4, -0.2) is 51.9 Å². The van der Waals surface area contributed by atoms with E-state index < -0.39 is 23.6 Å². The maximum atomic E-state index is 13.3. The summed E-state index contributed by atoms with van der Waals surface area (Å²) in [5.74, 6) is -1.11. The molecule has 3 rings (SSSR count). The predicted molar refractivity (Wildman–Crippen MR) is 116 cm³/mol. The molecule has 2 unspecified atom stereocenters. The summed E-state index contributed by atoms with van der Waals surface area (Å²) in [6.07, 6.45) is 0.678. The number of hydrogen-bond donors (Lipinski definition) is 1. The van der Waals surface area contributed by atoms with Gasteiger partial charge in [-0.15, -0.1) is 0 Å². The van der Waals surface area contributed by atoms with Gasteiger partial charge in [-0.1, -0.05) is 6.07 Å². The van der Waals surface area contributed by atoms with Crippen molar-refractivity contribution in [3.8, 4) is 23.0 Å². The zero-order valence-corrected chi connectivity index (χ0v) is 18.6. The molecule has 0 saturated carbocycles. The Balaban J connectivity index is 2.34. The largest absolute Gasteiger partial charge is 0.515 e. The molecule has 1 N–H and O–H groups in total. The van der Waals surface area contributed by atoms with Crippen molar-refractivity contribution >= 4 is 11.8 Å². The topological polar surface area (TPSA) is 101 Å². The van der Waals surface area contributed by atoms with Gasteiger partial charge in [0.25, 0.3) is 0 Å². The highest BCUT2D eigenvalue weighted by Crippen LogP contribution is 2.48. The van der Waals surface area contributed by atoms with Gasteiger partial charge in [0.1, 0.15) is 0 Å². The summed E-state index contributed by atoms with van der Waals surface area (Å²) in [5, 5.41) is 9.96. The average molecular weight is 442 g/mol. The first-order chi connectivity index (χ1) is 15.4. The molecule has 0 aliphatic heterocycles.